The summed E-state index contributed by atoms with van der Waals surface area (Å²) in [7, 11) is 0. The van der Waals surface area contributed by atoms with Crippen molar-refractivity contribution in [3.63, 3.8) is 0 Å². The minimum atomic E-state index is -0.0207. The Balaban J connectivity index is 1.31. The lowest BCUT2D eigenvalue weighted by atomic mass is 9.94. The molecule has 28 heavy (non-hydrogen) atoms. The third-order valence-corrected chi connectivity index (χ3v) is 5.75. The van der Waals surface area contributed by atoms with Crippen LogP contribution in [0.4, 0.5) is 5.69 Å². The van der Waals surface area contributed by atoms with Crippen molar-refractivity contribution in [1.29, 1.82) is 0 Å². The first kappa shape index (κ1) is 18.5. The minimum Gasteiger partial charge on any atom is -0.484 e. The van der Waals surface area contributed by atoms with Gasteiger partial charge in [0.1, 0.15) is 5.75 Å². The highest BCUT2D eigenvalue weighted by atomic mass is 16.5. The number of likely N-dealkylation sites (tertiary alicyclic amines) is 1. The Hall–Kier alpha value is -2.82. The number of hydrogen-bond donors (Lipinski definition) is 0. The number of anilines is 1. The second-order valence-corrected chi connectivity index (χ2v) is 7.65. The van der Waals surface area contributed by atoms with Gasteiger partial charge in [0, 0.05) is 30.7 Å². The fourth-order valence-corrected chi connectivity index (χ4v) is 4.23. The van der Waals surface area contributed by atoms with Gasteiger partial charge in [0.05, 0.1) is 0 Å². The quantitative estimate of drug-likeness (QED) is 0.820. The highest BCUT2D eigenvalue weighted by Gasteiger charge is 2.36. The summed E-state index contributed by atoms with van der Waals surface area (Å²) in [4.78, 5) is 29.4. The first-order chi connectivity index (χ1) is 13.6. The van der Waals surface area contributed by atoms with Gasteiger partial charge in [0.15, 0.2) is 6.61 Å². The number of carbonyl (C=O) groups excluding carboxylic acids is 2. The van der Waals surface area contributed by atoms with Crippen molar-refractivity contribution in [3.8, 4) is 5.75 Å². The van der Waals surface area contributed by atoms with Crippen molar-refractivity contribution in [2.24, 2.45) is 5.92 Å². The Morgan fingerprint density at radius 2 is 1.68 bits per heavy atom. The molecule has 0 bridgehead atoms. The molecule has 5 nitrogen and oxygen atoms in total. The van der Waals surface area contributed by atoms with Gasteiger partial charge in [0.2, 0.25) is 5.91 Å². The molecule has 1 fully saturated rings. The van der Waals surface area contributed by atoms with E-state index >= 15 is 0 Å². The van der Waals surface area contributed by atoms with E-state index in [1.54, 1.807) is 0 Å². The number of hydrogen-bond acceptors (Lipinski definition) is 3. The molecule has 0 unspecified atom stereocenters. The zero-order chi connectivity index (χ0) is 19.5. The summed E-state index contributed by atoms with van der Waals surface area (Å²) in [5, 5.41) is 0. The molecular formula is C23H26N2O3. The van der Waals surface area contributed by atoms with Crippen LogP contribution in [0.1, 0.15) is 25.3 Å². The molecule has 1 saturated heterocycles. The smallest absolute Gasteiger partial charge is 0.260 e. The van der Waals surface area contributed by atoms with Crippen LogP contribution in [0.25, 0.3) is 0 Å². The van der Waals surface area contributed by atoms with Gasteiger partial charge < -0.3 is 14.5 Å². The van der Waals surface area contributed by atoms with E-state index in [0.29, 0.717) is 31.7 Å². The molecule has 2 amide bonds. The number of benzene rings is 2. The highest BCUT2D eigenvalue weighted by molar-refractivity contribution is 5.97. The molecule has 146 valence electrons. The largest absolute Gasteiger partial charge is 0.484 e. The second-order valence-electron chi connectivity index (χ2n) is 7.65. The van der Waals surface area contributed by atoms with Gasteiger partial charge in [-0.2, -0.15) is 0 Å². The van der Waals surface area contributed by atoms with Crippen LogP contribution < -0.4 is 9.64 Å². The van der Waals surface area contributed by atoms with Gasteiger partial charge in [-0.15, -0.1) is 0 Å². The molecule has 0 aliphatic carbocycles. The lowest BCUT2D eigenvalue weighted by Crippen LogP contribution is -2.47. The maximum absolute atomic E-state index is 13.2. The number of rotatable bonds is 4. The summed E-state index contributed by atoms with van der Waals surface area (Å²) in [6, 6.07) is 17.7. The molecule has 2 aliphatic heterocycles. The summed E-state index contributed by atoms with van der Waals surface area (Å²) in [5.41, 5.74) is 2.30. The summed E-state index contributed by atoms with van der Waals surface area (Å²) < 4.78 is 5.56. The van der Waals surface area contributed by atoms with Crippen LogP contribution in [-0.2, 0) is 16.0 Å². The molecule has 2 aromatic rings. The Bertz CT molecular complexity index is 844. The van der Waals surface area contributed by atoms with E-state index in [4.69, 9.17) is 4.74 Å². The molecule has 0 radical (unpaired) electrons. The first-order valence-corrected chi connectivity index (χ1v) is 10.00. The Morgan fingerprint density at radius 3 is 2.43 bits per heavy atom. The Labute approximate surface area is 165 Å². The third kappa shape index (κ3) is 3.75. The van der Waals surface area contributed by atoms with Crippen LogP contribution in [0.15, 0.2) is 54.6 Å². The molecule has 0 N–H and O–H groups in total. The van der Waals surface area contributed by atoms with Gasteiger partial charge in [-0.1, -0.05) is 36.4 Å². The van der Waals surface area contributed by atoms with Crippen molar-refractivity contribution in [2.45, 2.75) is 32.2 Å². The monoisotopic (exact) mass is 378 g/mol. The molecule has 0 spiro atoms. The second kappa shape index (κ2) is 8.05. The zero-order valence-electron chi connectivity index (χ0n) is 16.2. The van der Waals surface area contributed by atoms with E-state index in [0.717, 1.165) is 12.1 Å². The van der Waals surface area contributed by atoms with Crippen LogP contribution in [0.3, 0.4) is 0 Å². The average Bonchev–Trinajstić information content (AvgIpc) is 3.08. The predicted octanol–water partition coefficient (Wildman–Crippen LogP) is 3.28. The summed E-state index contributed by atoms with van der Waals surface area (Å²) >= 11 is 0. The van der Waals surface area contributed by atoms with Gasteiger partial charge in [-0.25, -0.2) is 0 Å². The number of ether oxygens (including phenoxy) is 1. The molecule has 2 heterocycles. The molecule has 4 rings (SSSR count). The Kier molecular flexibility index (Phi) is 5.33. The van der Waals surface area contributed by atoms with E-state index < -0.39 is 0 Å². The number of carbonyl (C=O) groups is 2. The molecule has 0 saturated carbocycles. The number of fused-ring (bicyclic) bond motifs is 1. The Morgan fingerprint density at radius 1 is 1.00 bits per heavy atom. The van der Waals surface area contributed by atoms with Crippen molar-refractivity contribution in [3.05, 3.63) is 60.2 Å². The van der Waals surface area contributed by atoms with Gasteiger partial charge in [-0.3, -0.25) is 9.59 Å². The number of para-hydroxylation sites is 2. The fraction of sp³-hybridized carbons (Fsp3) is 0.391. The van der Waals surface area contributed by atoms with E-state index in [-0.39, 0.29) is 30.4 Å². The maximum Gasteiger partial charge on any atom is 0.260 e. The molecule has 0 aromatic heterocycles. The number of piperidine rings is 1. The standard InChI is InChI=1S/C23H26N2O3/c1-17-15-19-7-5-6-10-21(19)25(17)23(27)18-11-13-24(14-12-18)22(26)16-28-20-8-3-2-4-9-20/h2-10,17-18H,11-16H2,1H3/t17-/m1/s1. The van der Waals surface area contributed by atoms with Crippen molar-refractivity contribution >= 4 is 17.5 Å². The molecule has 2 aliphatic rings. The summed E-state index contributed by atoms with van der Waals surface area (Å²) in [6.45, 7) is 3.37. The van der Waals surface area contributed by atoms with Gasteiger partial charge in [-0.05, 0) is 49.9 Å². The number of amides is 2. The summed E-state index contributed by atoms with van der Waals surface area (Å²) in [6.07, 6.45) is 2.33. The van der Waals surface area contributed by atoms with Crippen molar-refractivity contribution < 1.29 is 14.3 Å². The fourth-order valence-electron chi connectivity index (χ4n) is 4.23. The zero-order valence-corrected chi connectivity index (χ0v) is 16.2. The predicted molar refractivity (Wildman–Crippen MR) is 108 cm³/mol. The lowest BCUT2D eigenvalue weighted by Gasteiger charge is -2.34. The van der Waals surface area contributed by atoms with Crippen molar-refractivity contribution in [1.82, 2.24) is 4.90 Å². The van der Waals surface area contributed by atoms with Crippen LogP contribution >= 0.6 is 0 Å². The van der Waals surface area contributed by atoms with Gasteiger partial charge in [0.25, 0.3) is 5.91 Å². The molecular weight excluding hydrogens is 352 g/mol. The maximum atomic E-state index is 13.2. The van der Waals surface area contributed by atoms with Crippen molar-refractivity contribution in [2.75, 3.05) is 24.6 Å². The lowest BCUT2D eigenvalue weighted by molar-refractivity contribution is -0.136. The van der Waals surface area contributed by atoms with E-state index in [1.165, 1.54) is 5.56 Å². The van der Waals surface area contributed by atoms with E-state index in [1.807, 2.05) is 58.3 Å². The van der Waals surface area contributed by atoms with Crippen LogP contribution in [0, 0.1) is 5.92 Å². The van der Waals surface area contributed by atoms with Gasteiger partial charge >= 0.3 is 0 Å². The summed E-state index contributed by atoms with van der Waals surface area (Å²) in [5.74, 6) is 0.857. The topological polar surface area (TPSA) is 49.9 Å². The SMILES string of the molecule is C[C@@H]1Cc2ccccc2N1C(=O)C1CCN(C(=O)COc2ccccc2)CC1. The normalized spacial score (nSPS) is 19.4. The molecule has 1 atom stereocenters. The first-order valence-electron chi connectivity index (χ1n) is 10.00. The van der Waals surface area contributed by atoms with Crippen LogP contribution in [0.2, 0.25) is 0 Å². The third-order valence-electron chi connectivity index (χ3n) is 5.75. The van der Waals surface area contributed by atoms with E-state index in [2.05, 4.69) is 13.0 Å². The minimum absolute atomic E-state index is 0.0189. The number of nitrogens with zero attached hydrogens (tertiary/aromatic N) is 2. The van der Waals surface area contributed by atoms with Crippen LogP contribution in [0.5, 0.6) is 5.75 Å². The van der Waals surface area contributed by atoms with E-state index in [9.17, 15) is 9.59 Å². The molecule has 2 aromatic carbocycles. The molecule has 5 heteroatoms. The average molecular weight is 378 g/mol. The highest BCUT2D eigenvalue weighted by Crippen LogP contribution is 2.34. The van der Waals surface area contributed by atoms with Crippen LogP contribution in [-0.4, -0.2) is 42.5 Å².